The van der Waals surface area contributed by atoms with Crippen LogP contribution in [0.1, 0.15) is 36.2 Å². The number of sulfonamides is 1. The lowest BCUT2D eigenvalue weighted by Gasteiger charge is -2.27. The van der Waals surface area contributed by atoms with Gasteiger partial charge in [-0.2, -0.15) is 0 Å². The van der Waals surface area contributed by atoms with E-state index in [-0.39, 0.29) is 4.90 Å². The Morgan fingerprint density at radius 2 is 1.64 bits per heavy atom. The zero-order valence-corrected chi connectivity index (χ0v) is 17.8. The summed E-state index contributed by atoms with van der Waals surface area (Å²) in [5.74, 6) is 0. The fourth-order valence-corrected chi connectivity index (χ4v) is 4.77. The Hall–Kier alpha value is -2.50. The summed E-state index contributed by atoms with van der Waals surface area (Å²) in [5.41, 5.74) is 5.30. The Balaban J connectivity index is 1.97. The number of benzene rings is 2. The van der Waals surface area contributed by atoms with Crippen molar-refractivity contribution in [3.8, 4) is 11.1 Å². The van der Waals surface area contributed by atoms with Crippen LogP contribution in [0.2, 0.25) is 0 Å². The predicted octanol–water partition coefficient (Wildman–Crippen LogP) is 4.89. The van der Waals surface area contributed by atoms with Crippen LogP contribution in [0.5, 0.6) is 0 Å². The Bertz CT molecular complexity index is 1120. The number of pyridine rings is 1. The van der Waals surface area contributed by atoms with Crippen molar-refractivity contribution >= 4 is 10.0 Å². The lowest BCUT2D eigenvalue weighted by molar-refractivity contribution is 0.472. The molecule has 0 aliphatic carbocycles. The molecule has 0 saturated heterocycles. The molecule has 5 heteroatoms. The molecule has 0 unspecified atom stereocenters. The van der Waals surface area contributed by atoms with Gasteiger partial charge < -0.3 is 0 Å². The van der Waals surface area contributed by atoms with Gasteiger partial charge in [0.15, 0.2) is 0 Å². The van der Waals surface area contributed by atoms with Gasteiger partial charge in [-0.15, -0.1) is 0 Å². The molecule has 1 N–H and O–H groups in total. The highest BCUT2D eigenvalue weighted by molar-refractivity contribution is 7.89. The van der Waals surface area contributed by atoms with Crippen LogP contribution in [-0.2, 0) is 15.6 Å². The predicted molar refractivity (Wildman–Crippen MR) is 114 cm³/mol. The average Bonchev–Trinajstić information content (AvgIpc) is 2.63. The molecule has 0 saturated carbocycles. The Morgan fingerprint density at radius 3 is 2.36 bits per heavy atom. The summed E-state index contributed by atoms with van der Waals surface area (Å²) in [4.78, 5) is 4.61. The molecule has 0 amide bonds. The van der Waals surface area contributed by atoms with Crippen LogP contribution in [-0.4, -0.2) is 13.4 Å². The monoisotopic (exact) mass is 394 g/mol. The fraction of sp³-hybridized carbons (Fsp3) is 0.261. The second-order valence-corrected chi connectivity index (χ2v) is 9.38. The van der Waals surface area contributed by atoms with Gasteiger partial charge in [0.05, 0.1) is 10.4 Å². The lowest BCUT2D eigenvalue weighted by atomic mass is 9.91. The third-order valence-corrected chi connectivity index (χ3v) is 6.69. The molecule has 4 nitrogen and oxygen atoms in total. The third kappa shape index (κ3) is 4.16. The second-order valence-electron chi connectivity index (χ2n) is 7.70. The smallest absolute Gasteiger partial charge is 0.241 e. The number of aromatic nitrogens is 1. The van der Waals surface area contributed by atoms with Gasteiger partial charge in [0.25, 0.3) is 0 Å². The van der Waals surface area contributed by atoms with E-state index >= 15 is 0 Å². The van der Waals surface area contributed by atoms with Gasteiger partial charge in [0, 0.05) is 11.9 Å². The first-order valence-corrected chi connectivity index (χ1v) is 10.7. The molecular weight excluding hydrogens is 368 g/mol. The van der Waals surface area contributed by atoms with Crippen LogP contribution in [0.25, 0.3) is 11.1 Å². The molecule has 28 heavy (non-hydrogen) atoms. The SMILES string of the molecule is Cc1cccc(S(=O)(=O)NC(C)(C)c2cccc(-c3ccnc(C)c3C)c2)c1. The summed E-state index contributed by atoms with van der Waals surface area (Å²) < 4.78 is 28.7. The van der Waals surface area contributed by atoms with Crippen molar-refractivity contribution in [3.63, 3.8) is 0 Å². The van der Waals surface area contributed by atoms with Gasteiger partial charge in [-0.05, 0) is 86.7 Å². The molecular formula is C23H26N2O2S. The normalized spacial score (nSPS) is 12.2. The first-order chi connectivity index (χ1) is 13.1. The van der Waals surface area contributed by atoms with Crippen molar-refractivity contribution in [3.05, 3.63) is 83.2 Å². The first-order valence-electron chi connectivity index (χ1n) is 9.24. The molecule has 2 aromatic carbocycles. The summed E-state index contributed by atoms with van der Waals surface area (Å²) >= 11 is 0. The van der Waals surface area contributed by atoms with Crippen LogP contribution < -0.4 is 4.72 Å². The molecule has 0 aliphatic heterocycles. The number of nitrogens with zero attached hydrogens (tertiary/aromatic N) is 1. The molecule has 0 aliphatic rings. The first kappa shape index (κ1) is 20.2. The summed E-state index contributed by atoms with van der Waals surface area (Å²) in [6.07, 6.45) is 1.80. The van der Waals surface area contributed by atoms with Crippen molar-refractivity contribution in [1.29, 1.82) is 0 Å². The molecule has 0 radical (unpaired) electrons. The Kier molecular flexibility index (Phi) is 5.41. The molecule has 1 heterocycles. The van der Waals surface area contributed by atoms with E-state index in [1.165, 1.54) is 0 Å². The maximum absolute atomic E-state index is 12.9. The minimum Gasteiger partial charge on any atom is -0.261 e. The van der Waals surface area contributed by atoms with Gasteiger partial charge in [-0.1, -0.05) is 30.3 Å². The topological polar surface area (TPSA) is 59.1 Å². The van der Waals surface area contributed by atoms with Crippen LogP contribution in [0.4, 0.5) is 0 Å². The number of aryl methyl sites for hydroxylation is 2. The van der Waals surface area contributed by atoms with Crippen molar-refractivity contribution in [1.82, 2.24) is 9.71 Å². The van der Waals surface area contributed by atoms with Crippen LogP contribution in [0.3, 0.4) is 0 Å². The number of hydrogen-bond acceptors (Lipinski definition) is 3. The van der Waals surface area contributed by atoms with E-state index < -0.39 is 15.6 Å². The Labute approximate surface area is 167 Å². The molecule has 3 rings (SSSR count). The van der Waals surface area contributed by atoms with Gasteiger partial charge in [0.1, 0.15) is 0 Å². The van der Waals surface area contributed by atoms with Gasteiger partial charge in [-0.25, -0.2) is 13.1 Å². The third-order valence-electron chi connectivity index (χ3n) is 5.04. The van der Waals surface area contributed by atoms with Crippen LogP contribution >= 0.6 is 0 Å². The second kappa shape index (κ2) is 7.49. The molecule has 0 spiro atoms. The van der Waals surface area contributed by atoms with E-state index in [0.717, 1.165) is 33.5 Å². The van der Waals surface area contributed by atoms with E-state index in [9.17, 15) is 8.42 Å². The van der Waals surface area contributed by atoms with Gasteiger partial charge in [0.2, 0.25) is 10.0 Å². The van der Waals surface area contributed by atoms with E-state index in [4.69, 9.17) is 0 Å². The number of nitrogens with one attached hydrogen (secondary N) is 1. The van der Waals surface area contributed by atoms with Crippen molar-refractivity contribution in [2.24, 2.45) is 0 Å². The van der Waals surface area contributed by atoms with E-state index in [1.807, 2.05) is 64.1 Å². The van der Waals surface area contributed by atoms with Crippen molar-refractivity contribution in [2.45, 2.75) is 45.1 Å². The highest BCUT2D eigenvalue weighted by atomic mass is 32.2. The highest BCUT2D eigenvalue weighted by Gasteiger charge is 2.28. The molecule has 0 bridgehead atoms. The lowest BCUT2D eigenvalue weighted by Crippen LogP contribution is -2.40. The number of rotatable bonds is 5. The maximum Gasteiger partial charge on any atom is 0.241 e. The van der Waals surface area contributed by atoms with Crippen LogP contribution in [0.15, 0.2) is 65.7 Å². The number of hydrogen-bond donors (Lipinski definition) is 1. The minimum atomic E-state index is -3.64. The summed E-state index contributed by atoms with van der Waals surface area (Å²) in [7, 11) is -3.64. The quantitative estimate of drug-likeness (QED) is 0.670. The van der Waals surface area contributed by atoms with Crippen LogP contribution in [0, 0.1) is 20.8 Å². The van der Waals surface area contributed by atoms with E-state index in [1.54, 1.807) is 24.4 Å². The van der Waals surface area contributed by atoms with Gasteiger partial charge >= 0.3 is 0 Å². The largest absolute Gasteiger partial charge is 0.261 e. The molecule has 146 valence electrons. The molecule has 0 atom stereocenters. The zero-order valence-electron chi connectivity index (χ0n) is 16.9. The summed E-state index contributed by atoms with van der Waals surface area (Å²) in [6.45, 7) is 9.68. The summed E-state index contributed by atoms with van der Waals surface area (Å²) in [6, 6.07) is 16.9. The zero-order chi connectivity index (χ0) is 20.5. The molecule has 0 fully saturated rings. The highest BCUT2D eigenvalue weighted by Crippen LogP contribution is 2.30. The minimum absolute atomic E-state index is 0.275. The van der Waals surface area contributed by atoms with Crippen molar-refractivity contribution in [2.75, 3.05) is 0 Å². The Morgan fingerprint density at radius 1 is 0.929 bits per heavy atom. The van der Waals surface area contributed by atoms with Crippen molar-refractivity contribution < 1.29 is 8.42 Å². The van der Waals surface area contributed by atoms with E-state index in [2.05, 4.69) is 16.6 Å². The fourth-order valence-electron chi connectivity index (χ4n) is 3.26. The standard InChI is InChI=1S/C23H26N2O2S/c1-16-8-6-11-21(14-16)28(26,27)25-23(4,5)20-10-7-9-19(15-20)22-12-13-24-18(3)17(22)2/h6-15,25H,1-5H3. The maximum atomic E-state index is 12.9. The molecule has 3 aromatic rings. The average molecular weight is 395 g/mol. The van der Waals surface area contributed by atoms with Gasteiger partial charge in [-0.3, -0.25) is 4.98 Å². The van der Waals surface area contributed by atoms with E-state index in [0.29, 0.717) is 0 Å². The molecule has 1 aromatic heterocycles. The summed E-state index contributed by atoms with van der Waals surface area (Å²) in [5, 5.41) is 0.